The number of hydrogen-bond acceptors (Lipinski definition) is 0. The van der Waals surface area contributed by atoms with Gasteiger partial charge in [0, 0.05) is 6.42 Å². The molecule has 122 valence electrons. The lowest BCUT2D eigenvalue weighted by Gasteiger charge is -2.35. The van der Waals surface area contributed by atoms with Gasteiger partial charge >= 0.3 is 18.5 Å². The Morgan fingerprint density at radius 2 is 1.00 bits per heavy atom. The van der Waals surface area contributed by atoms with Crippen LogP contribution in [0.4, 0.5) is 48.3 Å². The van der Waals surface area contributed by atoms with Gasteiger partial charge in [-0.25, -0.2) is 8.78 Å². The molecule has 20 heavy (non-hydrogen) atoms. The first-order valence-corrected chi connectivity index (χ1v) is 5.84. The molecule has 0 aliphatic heterocycles. The fourth-order valence-electron chi connectivity index (χ4n) is 1.01. The van der Waals surface area contributed by atoms with Crippen LogP contribution in [-0.2, 0) is 0 Å². The highest BCUT2D eigenvalue weighted by Gasteiger charge is 2.74. The summed E-state index contributed by atoms with van der Waals surface area (Å²) in [5.41, 5.74) is -10.3. The maximum atomic E-state index is 13.3. The maximum absolute atomic E-state index is 13.3. The van der Waals surface area contributed by atoms with Crippen LogP contribution in [-0.4, -0.2) is 33.8 Å². The Labute approximate surface area is 118 Å². The highest BCUT2D eigenvalue weighted by molar-refractivity contribution is 14.1. The molecule has 0 rings (SSSR count). The summed E-state index contributed by atoms with van der Waals surface area (Å²) in [5, 5.41) is 0. The van der Waals surface area contributed by atoms with Crippen molar-refractivity contribution in [2.75, 3.05) is 0 Å². The first-order chi connectivity index (χ1) is 8.38. The number of rotatable bonds is 3. The molecule has 0 N–H and O–H groups in total. The van der Waals surface area contributed by atoms with Crippen molar-refractivity contribution in [1.29, 1.82) is 0 Å². The van der Waals surface area contributed by atoms with Gasteiger partial charge in [-0.2, -0.15) is 39.5 Å². The number of hydrogen-bond donors (Lipinski definition) is 0. The van der Waals surface area contributed by atoms with Gasteiger partial charge in [0.1, 0.15) is 0 Å². The fourth-order valence-corrected chi connectivity index (χ4v) is 1.97. The Balaban J connectivity index is 5.55. The summed E-state index contributed by atoms with van der Waals surface area (Å²) in [4.78, 5) is 0. The van der Waals surface area contributed by atoms with Crippen molar-refractivity contribution in [3.63, 3.8) is 0 Å². The minimum Gasteiger partial charge on any atom is -0.233 e. The topological polar surface area (TPSA) is 0 Å². The molecular weight excluding hydrogens is 432 g/mol. The van der Waals surface area contributed by atoms with Crippen LogP contribution in [0.3, 0.4) is 0 Å². The molecule has 2 unspecified atom stereocenters. The van der Waals surface area contributed by atoms with Crippen LogP contribution in [0, 0.1) is 0 Å². The van der Waals surface area contributed by atoms with Gasteiger partial charge in [-0.05, 0) is 6.92 Å². The van der Waals surface area contributed by atoms with E-state index in [9.17, 15) is 48.3 Å². The van der Waals surface area contributed by atoms with Gasteiger partial charge in [-0.15, -0.1) is 0 Å². The number of alkyl halides is 12. The van der Waals surface area contributed by atoms with Crippen LogP contribution in [0.2, 0.25) is 0 Å². The van der Waals surface area contributed by atoms with Crippen LogP contribution in [0.15, 0.2) is 0 Å². The third-order valence-electron chi connectivity index (χ3n) is 2.50. The van der Waals surface area contributed by atoms with Crippen molar-refractivity contribution in [3.8, 4) is 0 Å². The van der Waals surface area contributed by atoms with E-state index in [0.29, 0.717) is 22.6 Å². The Hall–Kier alpha value is -0.0400. The molecule has 0 radical (unpaired) electrons. The normalized spacial score (nSPS) is 19.6. The van der Waals surface area contributed by atoms with E-state index in [1.165, 1.54) is 0 Å². The molecule has 0 spiro atoms. The standard InChI is InChI=1S/C8H6F11I/c1-4(9,6(11,12)13)3(20)2-5(10,7(14,15)16)8(17,18)19/h3H,2H2,1H3. The molecule has 2 atom stereocenters. The third kappa shape index (κ3) is 3.59. The molecule has 0 aromatic heterocycles. The van der Waals surface area contributed by atoms with Gasteiger partial charge in [0.25, 0.3) is 5.67 Å². The zero-order valence-corrected chi connectivity index (χ0v) is 11.5. The zero-order chi connectivity index (χ0) is 16.8. The lowest BCUT2D eigenvalue weighted by atomic mass is 9.91. The minimum absolute atomic E-state index is 0.253. The average Bonchev–Trinajstić information content (AvgIpc) is 2.11. The third-order valence-corrected chi connectivity index (χ3v) is 4.11. The van der Waals surface area contributed by atoms with E-state index in [4.69, 9.17) is 0 Å². The molecule has 0 aromatic rings. The van der Waals surface area contributed by atoms with Crippen LogP contribution in [0.5, 0.6) is 0 Å². The predicted octanol–water partition coefficient (Wildman–Crippen LogP) is 5.30. The van der Waals surface area contributed by atoms with Gasteiger partial charge < -0.3 is 0 Å². The summed E-state index contributed by atoms with van der Waals surface area (Å²) in [5.74, 6) is 0. The SMILES string of the molecule is CC(F)(C(I)CC(F)(C(F)(F)F)C(F)(F)F)C(F)(F)F. The Kier molecular flexibility index (Phi) is 5.29. The molecule has 0 fully saturated rings. The lowest BCUT2D eigenvalue weighted by Crippen LogP contribution is -2.57. The van der Waals surface area contributed by atoms with E-state index in [0.717, 1.165) is 0 Å². The molecule has 0 heterocycles. The van der Waals surface area contributed by atoms with E-state index < -0.39 is 40.2 Å². The minimum atomic E-state index is -6.52. The monoisotopic (exact) mass is 438 g/mol. The van der Waals surface area contributed by atoms with E-state index in [-0.39, 0.29) is 6.92 Å². The molecule has 0 nitrogen and oxygen atoms in total. The fraction of sp³-hybridized carbons (Fsp3) is 1.00. The van der Waals surface area contributed by atoms with Crippen LogP contribution >= 0.6 is 22.6 Å². The molecular formula is C8H6F11I. The zero-order valence-electron chi connectivity index (χ0n) is 9.32. The van der Waals surface area contributed by atoms with Gasteiger partial charge in [-0.1, -0.05) is 22.6 Å². The van der Waals surface area contributed by atoms with Gasteiger partial charge in [0.2, 0.25) is 5.67 Å². The van der Waals surface area contributed by atoms with E-state index in [1.807, 2.05) is 0 Å². The number of halogens is 12. The smallest absolute Gasteiger partial charge is 0.233 e. The van der Waals surface area contributed by atoms with E-state index in [1.54, 1.807) is 0 Å². The first kappa shape index (κ1) is 20.0. The highest BCUT2D eigenvalue weighted by atomic mass is 127. The summed E-state index contributed by atoms with van der Waals surface area (Å²) >= 11 is 0.380. The van der Waals surface area contributed by atoms with Crippen molar-refractivity contribution in [1.82, 2.24) is 0 Å². The maximum Gasteiger partial charge on any atom is 0.431 e. The summed E-state index contributed by atoms with van der Waals surface area (Å²) in [6, 6.07) is 0. The summed E-state index contributed by atoms with van der Waals surface area (Å²) in [7, 11) is 0. The molecule has 0 aliphatic carbocycles. The van der Waals surface area contributed by atoms with Crippen LogP contribution in [0.1, 0.15) is 13.3 Å². The largest absolute Gasteiger partial charge is 0.431 e. The van der Waals surface area contributed by atoms with Crippen molar-refractivity contribution in [2.45, 2.75) is 47.1 Å². The summed E-state index contributed by atoms with van der Waals surface area (Å²) in [6.07, 6.45) is -21.5. The van der Waals surface area contributed by atoms with E-state index >= 15 is 0 Å². The second-order valence-corrected chi connectivity index (χ2v) is 5.55. The predicted molar refractivity (Wildman–Crippen MR) is 53.9 cm³/mol. The van der Waals surface area contributed by atoms with E-state index in [2.05, 4.69) is 0 Å². The molecule has 0 amide bonds. The van der Waals surface area contributed by atoms with Crippen LogP contribution < -0.4 is 0 Å². The summed E-state index contributed by atoms with van der Waals surface area (Å²) < 4.78 is 133. The molecule has 0 bridgehead atoms. The Bertz CT molecular complexity index is 322. The second kappa shape index (κ2) is 5.30. The molecule has 12 heteroatoms. The average molecular weight is 438 g/mol. The van der Waals surface area contributed by atoms with Crippen molar-refractivity contribution >= 4 is 22.6 Å². The molecule has 0 aromatic carbocycles. The Morgan fingerprint density at radius 1 is 0.700 bits per heavy atom. The van der Waals surface area contributed by atoms with Crippen LogP contribution in [0.25, 0.3) is 0 Å². The molecule has 0 aliphatic rings. The summed E-state index contributed by atoms with van der Waals surface area (Å²) in [6.45, 7) is -0.253. The second-order valence-electron chi connectivity index (χ2n) is 4.04. The van der Waals surface area contributed by atoms with Gasteiger partial charge in [0.15, 0.2) is 0 Å². The van der Waals surface area contributed by atoms with Crippen molar-refractivity contribution < 1.29 is 48.3 Å². The first-order valence-electron chi connectivity index (χ1n) is 4.60. The quantitative estimate of drug-likeness (QED) is 0.319. The van der Waals surface area contributed by atoms with Gasteiger partial charge in [0.05, 0.1) is 3.92 Å². The van der Waals surface area contributed by atoms with Crippen molar-refractivity contribution in [3.05, 3.63) is 0 Å². The lowest BCUT2D eigenvalue weighted by molar-refractivity contribution is -0.345. The van der Waals surface area contributed by atoms with Crippen molar-refractivity contribution in [2.24, 2.45) is 0 Å². The highest BCUT2D eigenvalue weighted by Crippen LogP contribution is 2.52. The molecule has 0 saturated heterocycles. The molecule has 0 saturated carbocycles. The Morgan fingerprint density at radius 3 is 1.20 bits per heavy atom. The van der Waals surface area contributed by atoms with Gasteiger partial charge in [-0.3, -0.25) is 0 Å².